The molecule has 0 saturated heterocycles. The number of para-hydroxylation sites is 1. The van der Waals surface area contributed by atoms with Crippen molar-refractivity contribution in [2.45, 2.75) is 26.7 Å². The lowest BCUT2D eigenvalue weighted by molar-refractivity contribution is 0.0602. The fourth-order valence-electron chi connectivity index (χ4n) is 2.91. The normalized spacial score (nSPS) is 10.7. The molecule has 3 aromatic rings. The molecule has 0 atom stereocenters. The number of carbonyl (C=O) groups excluding carboxylic acids is 2. The number of hydrogen-bond donors (Lipinski definition) is 1. The van der Waals surface area contributed by atoms with Gasteiger partial charge in [-0.15, -0.1) is 0 Å². The number of nitrogens with zero attached hydrogens (tertiary/aromatic N) is 2. The number of rotatable bonds is 5. The third kappa shape index (κ3) is 3.31. The second kappa shape index (κ2) is 7.39. The van der Waals surface area contributed by atoms with Crippen LogP contribution in [0.15, 0.2) is 42.6 Å². The number of anilines is 1. The summed E-state index contributed by atoms with van der Waals surface area (Å²) in [6.45, 7) is 4.03. The Morgan fingerprint density at radius 1 is 1.23 bits per heavy atom. The zero-order valence-electron chi connectivity index (χ0n) is 15.1. The fraction of sp³-hybridized carbons (Fsp3) is 0.250. The summed E-state index contributed by atoms with van der Waals surface area (Å²) >= 11 is 0. The van der Waals surface area contributed by atoms with Crippen LogP contribution in [0.4, 0.5) is 5.69 Å². The Labute approximate surface area is 151 Å². The Balaban J connectivity index is 2.03. The van der Waals surface area contributed by atoms with Gasteiger partial charge in [0.1, 0.15) is 11.3 Å². The van der Waals surface area contributed by atoms with Crippen LogP contribution in [0, 0.1) is 6.92 Å². The van der Waals surface area contributed by atoms with Crippen molar-refractivity contribution in [3.05, 3.63) is 65.1 Å². The quantitative estimate of drug-likeness (QED) is 0.713. The average Bonchev–Trinajstić information content (AvgIpc) is 2.98. The summed E-state index contributed by atoms with van der Waals surface area (Å²) in [4.78, 5) is 29.5. The highest BCUT2D eigenvalue weighted by Crippen LogP contribution is 2.20. The largest absolute Gasteiger partial charge is 0.465 e. The highest BCUT2D eigenvalue weighted by atomic mass is 16.5. The van der Waals surface area contributed by atoms with E-state index in [4.69, 9.17) is 4.74 Å². The van der Waals surface area contributed by atoms with Gasteiger partial charge in [-0.05, 0) is 43.2 Å². The minimum atomic E-state index is -0.497. The van der Waals surface area contributed by atoms with Crippen molar-refractivity contribution in [1.29, 1.82) is 0 Å². The fourth-order valence-corrected chi connectivity index (χ4v) is 2.91. The van der Waals surface area contributed by atoms with Crippen LogP contribution in [0.25, 0.3) is 5.65 Å². The van der Waals surface area contributed by atoms with Crippen LogP contribution in [0.2, 0.25) is 0 Å². The zero-order chi connectivity index (χ0) is 18.7. The first kappa shape index (κ1) is 17.7. The molecule has 0 aliphatic rings. The molecule has 134 valence electrons. The maximum Gasteiger partial charge on any atom is 0.339 e. The topological polar surface area (TPSA) is 72.7 Å². The molecule has 0 unspecified atom stereocenters. The molecule has 1 N–H and O–H groups in total. The van der Waals surface area contributed by atoms with E-state index in [0.717, 1.165) is 23.3 Å². The van der Waals surface area contributed by atoms with E-state index in [9.17, 15) is 9.59 Å². The Morgan fingerprint density at radius 2 is 2.00 bits per heavy atom. The maximum atomic E-state index is 13.0. The van der Waals surface area contributed by atoms with Crippen LogP contribution >= 0.6 is 0 Å². The number of benzene rings is 1. The Kier molecular flexibility index (Phi) is 5.02. The van der Waals surface area contributed by atoms with Gasteiger partial charge in [0, 0.05) is 6.20 Å². The lowest BCUT2D eigenvalue weighted by Crippen LogP contribution is -2.18. The SMILES string of the molecule is CCCc1nc2cc(C)ccn2c1C(=O)Nc1ccccc1C(=O)OC. The van der Waals surface area contributed by atoms with Crippen LogP contribution in [0.1, 0.15) is 45.4 Å². The highest BCUT2D eigenvalue weighted by Gasteiger charge is 2.21. The molecule has 0 aliphatic heterocycles. The molecule has 26 heavy (non-hydrogen) atoms. The van der Waals surface area contributed by atoms with Crippen LogP contribution in [0.3, 0.4) is 0 Å². The van der Waals surface area contributed by atoms with Crippen LogP contribution < -0.4 is 5.32 Å². The molecular weight excluding hydrogens is 330 g/mol. The Bertz CT molecular complexity index is 976. The molecule has 0 fully saturated rings. The zero-order valence-corrected chi connectivity index (χ0v) is 15.1. The predicted octanol–water partition coefficient (Wildman–Crippen LogP) is 3.63. The molecule has 1 amide bonds. The summed E-state index contributed by atoms with van der Waals surface area (Å²) in [5.74, 6) is -0.801. The maximum absolute atomic E-state index is 13.0. The number of aryl methyl sites for hydroxylation is 2. The number of nitrogens with one attached hydrogen (secondary N) is 1. The Hall–Kier alpha value is -3.15. The number of imidazole rings is 1. The second-order valence-corrected chi connectivity index (χ2v) is 6.08. The van der Waals surface area contributed by atoms with E-state index in [2.05, 4.69) is 10.3 Å². The van der Waals surface area contributed by atoms with Crippen LogP contribution in [-0.2, 0) is 11.2 Å². The first-order valence-electron chi connectivity index (χ1n) is 8.51. The lowest BCUT2D eigenvalue weighted by Gasteiger charge is -2.10. The minimum Gasteiger partial charge on any atom is -0.465 e. The molecule has 0 bridgehead atoms. The van der Waals surface area contributed by atoms with Gasteiger partial charge in [-0.3, -0.25) is 9.20 Å². The third-order valence-corrected chi connectivity index (χ3v) is 4.14. The first-order chi connectivity index (χ1) is 12.5. The number of amides is 1. The summed E-state index contributed by atoms with van der Waals surface area (Å²) in [6, 6.07) is 10.7. The van der Waals surface area contributed by atoms with Gasteiger partial charge in [-0.25, -0.2) is 9.78 Å². The van der Waals surface area contributed by atoms with Crippen molar-refractivity contribution in [3.8, 4) is 0 Å². The highest BCUT2D eigenvalue weighted by molar-refractivity contribution is 6.08. The number of ether oxygens (including phenoxy) is 1. The summed E-state index contributed by atoms with van der Waals surface area (Å²) in [6.07, 6.45) is 3.42. The van der Waals surface area contributed by atoms with E-state index >= 15 is 0 Å². The van der Waals surface area contributed by atoms with Crippen LogP contribution in [0.5, 0.6) is 0 Å². The molecule has 0 radical (unpaired) electrons. The predicted molar refractivity (Wildman–Crippen MR) is 99.7 cm³/mol. The molecule has 0 saturated carbocycles. The standard InChI is InChI=1S/C20H21N3O3/c1-4-7-16-18(23-11-10-13(2)12-17(23)21-16)19(24)22-15-9-6-5-8-14(15)20(25)26-3/h5-6,8-12H,4,7H2,1-3H3,(H,22,24). The van der Waals surface area contributed by atoms with Gasteiger partial charge >= 0.3 is 5.97 Å². The number of pyridine rings is 1. The van der Waals surface area contributed by atoms with Crippen LogP contribution in [-0.4, -0.2) is 28.4 Å². The van der Waals surface area contributed by atoms with Crippen molar-refractivity contribution in [3.63, 3.8) is 0 Å². The molecule has 1 aromatic carbocycles. The number of methoxy groups -OCH3 is 1. The van der Waals surface area contributed by atoms with E-state index in [-0.39, 0.29) is 5.91 Å². The van der Waals surface area contributed by atoms with Gasteiger partial charge in [0.15, 0.2) is 0 Å². The monoisotopic (exact) mass is 351 g/mol. The number of fused-ring (bicyclic) bond motifs is 1. The number of hydrogen-bond acceptors (Lipinski definition) is 4. The Morgan fingerprint density at radius 3 is 2.73 bits per heavy atom. The van der Waals surface area contributed by atoms with Gasteiger partial charge in [0.2, 0.25) is 0 Å². The van der Waals surface area contributed by atoms with Crippen molar-refractivity contribution < 1.29 is 14.3 Å². The lowest BCUT2D eigenvalue weighted by atomic mass is 10.1. The average molecular weight is 351 g/mol. The molecule has 6 heteroatoms. The molecule has 0 spiro atoms. The third-order valence-electron chi connectivity index (χ3n) is 4.14. The minimum absolute atomic E-state index is 0.304. The van der Waals surface area contributed by atoms with Crippen molar-refractivity contribution in [2.75, 3.05) is 12.4 Å². The van der Waals surface area contributed by atoms with Gasteiger partial charge in [-0.1, -0.05) is 25.5 Å². The van der Waals surface area contributed by atoms with E-state index in [1.54, 1.807) is 28.7 Å². The molecule has 2 heterocycles. The summed E-state index contributed by atoms with van der Waals surface area (Å²) in [5.41, 5.74) is 3.76. The smallest absolute Gasteiger partial charge is 0.339 e. The second-order valence-electron chi connectivity index (χ2n) is 6.08. The van der Waals surface area contributed by atoms with Gasteiger partial charge in [0.25, 0.3) is 5.91 Å². The molecule has 0 aliphatic carbocycles. The molecular formula is C20H21N3O3. The van der Waals surface area contributed by atoms with Gasteiger partial charge in [-0.2, -0.15) is 0 Å². The summed E-state index contributed by atoms with van der Waals surface area (Å²) < 4.78 is 6.57. The molecule has 3 rings (SSSR count). The number of esters is 1. The van der Waals surface area contributed by atoms with Crippen molar-refractivity contribution >= 4 is 23.2 Å². The van der Waals surface area contributed by atoms with Crippen molar-refractivity contribution in [1.82, 2.24) is 9.38 Å². The summed E-state index contributed by atoms with van der Waals surface area (Å²) in [7, 11) is 1.31. The van der Waals surface area contributed by atoms with E-state index in [1.807, 2.05) is 32.2 Å². The molecule has 2 aromatic heterocycles. The molecule has 6 nitrogen and oxygen atoms in total. The van der Waals surface area contributed by atoms with Gasteiger partial charge in [0.05, 0.1) is 24.1 Å². The van der Waals surface area contributed by atoms with E-state index in [1.165, 1.54) is 7.11 Å². The van der Waals surface area contributed by atoms with Gasteiger partial charge < -0.3 is 10.1 Å². The number of carbonyl (C=O) groups is 2. The van der Waals surface area contributed by atoms with E-state index in [0.29, 0.717) is 23.4 Å². The van der Waals surface area contributed by atoms with E-state index < -0.39 is 5.97 Å². The first-order valence-corrected chi connectivity index (χ1v) is 8.51. The number of aromatic nitrogens is 2. The summed E-state index contributed by atoms with van der Waals surface area (Å²) in [5, 5.41) is 2.83. The van der Waals surface area contributed by atoms with Crippen molar-refractivity contribution in [2.24, 2.45) is 0 Å².